The highest BCUT2D eigenvalue weighted by atomic mass is 35.5. The van der Waals surface area contributed by atoms with Gasteiger partial charge in [-0.3, -0.25) is 4.79 Å². The quantitative estimate of drug-likeness (QED) is 0.525. The molecule has 6 nitrogen and oxygen atoms in total. The van der Waals surface area contributed by atoms with Crippen LogP contribution in [0.1, 0.15) is 44.8 Å². The number of pyridine rings is 1. The second-order valence-electron chi connectivity index (χ2n) is 6.54. The number of hydrogen-bond acceptors (Lipinski definition) is 4. The Labute approximate surface area is 183 Å². The van der Waals surface area contributed by atoms with E-state index >= 15 is 0 Å². The Morgan fingerprint density at radius 1 is 1.07 bits per heavy atom. The zero-order valence-electron chi connectivity index (χ0n) is 15.9. The number of nitrogens with one attached hydrogen (secondary N) is 1. The molecule has 30 heavy (non-hydrogen) atoms. The molecule has 0 aliphatic rings. The maximum atomic E-state index is 12.8. The Balaban J connectivity index is 1.73. The number of benzene rings is 2. The molecular formula is C22H18Cl2N2O4. The van der Waals surface area contributed by atoms with Crippen LogP contribution in [-0.2, 0) is 6.61 Å². The van der Waals surface area contributed by atoms with E-state index in [0.717, 1.165) is 11.1 Å². The predicted molar refractivity (Wildman–Crippen MR) is 114 cm³/mol. The smallest absolute Gasteiger partial charge is 0.335 e. The van der Waals surface area contributed by atoms with Gasteiger partial charge in [0.25, 0.3) is 5.91 Å². The van der Waals surface area contributed by atoms with Crippen LogP contribution in [0.15, 0.2) is 60.8 Å². The van der Waals surface area contributed by atoms with Gasteiger partial charge in [0.1, 0.15) is 12.2 Å². The van der Waals surface area contributed by atoms with E-state index in [4.69, 9.17) is 33.0 Å². The molecule has 2 aromatic carbocycles. The summed E-state index contributed by atoms with van der Waals surface area (Å²) in [5, 5.41) is 12.8. The van der Waals surface area contributed by atoms with Crippen molar-refractivity contribution in [3.8, 4) is 5.88 Å². The number of carbonyl (C=O) groups excluding carboxylic acids is 1. The third-order valence-corrected chi connectivity index (χ3v) is 4.82. The van der Waals surface area contributed by atoms with E-state index in [9.17, 15) is 9.59 Å². The number of aromatic carboxylic acids is 1. The van der Waals surface area contributed by atoms with E-state index in [-0.39, 0.29) is 29.7 Å². The summed E-state index contributed by atoms with van der Waals surface area (Å²) < 4.78 is 5.73. The second-order valence-corrected chi connectivity index (χ2v) is 7.42. The van der Waals surface area contributed by atoms with Crippen molar-refractivity contribution in [2.45, 2.75) is 19.6 Å². The van der Waals surface area contributed by atoms with Crippen LogP contribution in [-0.4, -0.2) is 22.0 Å². The SMILES string of the molecule is C[C@H](NC(=O)c1cc(Cl)cnc1OCc1ccc(Cl)cc1)c1ccc(C(=O)O)cc1. The maximum Gasteiger partial charge on any atom is 0.335 e. The van der Waals surface area contributed by atoms with Crippen LogP contribution in [0, 0.1) is 0 Å². The average Bonchev–Trinajstić information content (AvgIpc) is 2.74. The zero-order valence-corrected chi connectivity index (χ0v) is 17.4. The molecule has 1 amide bonds. The third-order valence-electron chi connectivity index (χ3n) is 4.36. The van der Waals surface area contributed by atoms with Gasteiger partial charge < -0.3 is 15.2 Å². The summed E-state index contributed by atoms with van der Waals surface area (Å²) in [4.78, 5) is 28.0. The number of ether oxygens (including phenoxy) is 1. The first-order chi connectivity index (χ1) is 14.3. The molecule has 0 fully saturated rings. The van der Waals surface area contributed by atoms with Crippen LogP contribution in [0.2, 0.25) is 10.0 Å². The van der Waals surface area contributed by atoms with Crippen molar-refractivity contribution in [2.75, 3.05) is 0 Å². The summed E-state index contributed by atoms with van der Waals surface area (Å²) in [6, 6.07) is 14.5. The lowest BCUT2D eigenvalue weighted by molar-refractivity contribution is 0.0696. The lowest BCUT2D eigenvalue weighted by Gasteiger charge is -2.16. The monoisotopic (exact) mass is 444 g/mol. The molecule has 0 saturated carbocycles. The highest BCUT2D eigenvalue weighted by Gasteiger charge is 2.18. The number of nitrogens with zero attached hydrogens (tertiary/aromatic N) is 1. The molecule has 0 aliphatic heterocycles. The number of amides is 1. The fourth-order valence-electron chi connectivity index (χ4n) is 2.71. The standard InChI is InChI=1S/C22H18Cl2N2O4/c1-13(15-4-6-16(7-5-15)22(28)29)26-20(27)19-10-18(24)11-25-21(19)30-12-14-2-8-17(23)9-3-14/h2-11,13H,12H2,1H3,(H,26,27)(H,28,29)/t13-/m0/s1. The third kappa shape index (κ3) is 5.49. The zero-order chi connectivity index (χ0) is 21.7. The average molecular weight is 445 g/mol. The van der Waals surface area contributed by atoms with Crippen LogP contribution < -0.4 is 10.1 Å². The van der Waals surface area contributed by atoms with Crippen molar-refractivity contribution in [3.05, 3.63) is 93.1 Å². The molecule has 0 radical (unpaired) electrons. The topological polar surface area (TPSA) is 88.5 Å². The van der Waals surface area contributed by atoms with Gasteiger partial charge in [-0.2, -0.15) is 0 Å². The van der Waals surface area contributed by atoms with E-state index in [1.165, 1.54) is 24.4 Å². The predicted octanol–water partition coefficient (Wildman–Crippen LogP) is 5.16. The van der Waals surface area contributed by atoms with E-state index in [1.54, 1.807) is 31.2 Å². The first kappa shape index (κ1) is 21.6. The van der Waals surface area contributed by atoms with E-state index in [0.29, 0.717) is 10.0 Å². The molecular weight excluding hydrogens is 427 g/mol. The number of aromatic nitrogens is 1. The van der Waals surface area contributed by atoms with Gasteiger partial charge in [-0.15, -0.1) is 0 Å². The molecule has 2 N–H and O–H groups in total. The lowest BCUT2D eigenvalue weighted by atomic mass is 10.1. The lowest BCUT2D eigenvalue weighted by Crippen LogP contribution is -2.27. The molecule has 3 aromatic rings. The molecule has 0 spiro atoms. The highest BCUT2D eigenvalue weighted by Crippen LogP contribution is 2.23. The number of rotatable bonds is 7. The molecule has 1 atom stereocenters. The summed E-state index contributed by atoms with van der Waals surface area (Å²) in [7, 11) is 0. The summed E-state index contributed by atoms with van der Waals surface area (Å²) in [6.07, 6.45) is 1.41. The van der Waals surface area contributed by atoms with Gasteiger partial charge in [-0.25, -0.2) is 9.78 Å². The largest absolute Gasteiger partial charge is 0.478 e. The molecule has 3 rings (SSSR count). The highest BCUT2D eigenvalue weighted by molar-refractivity contribution is 6.31. The summed E-state index contributed by atoms with van der Waals surface area (Å²) in [5.41, 5.74) is 2.00. The van der Waals surface area contributed by atoms with Crippen LogP contribution >= 0.6 is 23.2 Å². The van der Waals surface area contributed by atoms with Gasteiger partial charge in [-0.05, 0) is 48.4 Å². The fourth-order valence-corrected chi connectivity index (χ4v) is 2.99. The van der Waals surface area contributed by atoms with Crippen molar-refractivity contribution in [3.63, 3.8) is 0 Å². The van der Waals surface area contributed by atoms with Gasteiger partial charge in [0.15, 0.2) is 0 Å². The summed E-state index contributed by atoms with van der Waals surface area (Å²) in [5.74, 6) is -1.27. The minimum absolute atomic E-state index is 0.153. The van der Waals surface area contributed by atoms with E-state index in [1.807, 2.05) is 12.1 Å². The van der Waals surface area contributed by atoms with Crippen LogP contribution in [0.5, 0.6) is 5.88 Å². The van der Waals surface area contributed by atoms with Gasteiger partial charge in [0, 0.05) is 11.2 Å². The molecule has 0 aliphatic carbocycles. The van der Waals surface area contributed by atoms with E-state index < -0.39 is 11.9 Å². The van der Waals surface area contributed by atoms with Crippen molar-refractivity contribution < 1.29 is 19.4 Å². The molecule has 154 valence electrons. The van der Waals surface area contributed by atoms with Crippen molar-refractivity contribution in [1.29, 1.82) is 0 Å². The number of halogens is 2. The fraction of sp³-hybridized carbons (Fsp3) is 0.136. The summed E-state index contributed by atoms with van der Waals surface area (Å²) >= 11 is 11.9. The van der Waals surface area contributed by atoms with Gasteiger partial charge in [-0.1, -0.05) is 47.5 Å². The molecule has 1 heterocycles. The van der Waals surface area contributed by atoms with E-state index in [2.05, 4.69) is 10.3 Å². The van der Waals surface area contributed by atoms with Crippen LogP contribution in [0.25, 0.3) is 0 Å². The van der Waals surface area contributed by atoms with Crippen molar-refractivity contribution in [1.82, 2.24) is 10.3 Å². The minimum atomic E-state index is -1.01. The maximum absolute atomic E-state index is 12.8. The Hall–Kier alpha value is -3.09. The van der Waals surface area contributed by atoms with Crippen molar-refractivity contribution in [2.24, 2.45) is 0 Å². The van der Waals surface area contributed by atoms with Gasteiger partial charge in [0.2, 0.25) is 5.88 Å². The number of carbonyl (C=O) groups is 2. The summed E-state index contributed by atoms with van der Waals surface area (Å²) in [6.45, 7) is 2.00. The first-order valence-electron chi connectivity index (χ1n) is 9.00. The Morgan fingerprint density at radius 3 is 2.37 bits per heavy atom. The Bertz CT molecular complexity index is 1050. The second kappa shape index (κ2) is 9.61. The normalized spacial score (nSPS) is 11.6. The van der Waals surface area contributed by atoms with Crippen molar-refractivity contribution >= 4 is 35.1 Å². The van der Waals surface area contributed by atoms with Crippen LogP contribution in [0.3, 0.4) is 0 Å². The molecule has 0 unspecified atom stereocenters. The van der Waals surface area contributed by atoms with Gasteiger partial charge >= 0.3 is 5.97 Å². The Kier molecular flexibility index (Phi) is 6.92. The Morgan fingerprint density at radius 2 is 1.73 bits per heavy atom. The number of hydrogen-bond donors (Lipinski definition) is 2. The number of carboxylic acids is 1. The van der Waals surface area contributed by atoms with Crippen LogP contribution in [0.4, 0.5) is 0 Å². The molecule has 8 heteroatoms. The molecule has 0 bridgehead atoms. The minimum Gasteiger partial charge on any atom is -0.478 e. The number of carboxylic acid groups (broad SMARTS) is 1. The van der Waals surface area contributed by atoms with Gasteiger partial charge in [0.05, 0.1) is 16.6 Å². The molecule has 1 aromatic heterocycles. The first-order valence-corrected chi connectivity index (χ1v) is 9.76. The molecule has 0 saturated heterocycles.